The molecule has 2 aromatic heterocycles. The van der Waals surface area contributed by atoms with E-state index in [1.165, 1.54) is 0 Å². The van der Waals surface area contributed by atoms with Crippen LogP contribution in [-0.4, -0.2) is 23.0 Å². The molecule has 0 spiro atoms. The molecule has 0 unspecified atom stereocenters. The van der Waals surface area contributed by atoms with Crippen LogP contribution in [-0.2, 0) is 5.54 Å². The summed E-state index contributed by atoms with van der Waals surface area (Å²) in [5, 5.41) is 4.31. The lowest BCUT2D eigenvalue weighted by atomic mass is 9.97. The van der Waals surface area contributed by atoms with Crippen LogP contribution in [0.1, 0.15) is 34.3 Å². The molecule has 2 aromatic carbocycles. The fourth-order valence-electron chi connectivity index (χ4n) is 3.99. The Labute approximate surface area is 186 Å². The molecule has 0 bridgehead atoms. The first-order valence-corrected chi connectivity index (χ1v) is 10.5. The fraction of sp³-hybridized carbons (Fsp3) is 0.192. The largest absolute Gasteiger partial charge is 0.497 e. The number of aromatic nitrogens is 2. The zero-order valence-electron chi connectivity index (χ0n) is 18.0. The molecule has 1 aliphatic carbocycles. The van der Waals surface area contributed by atoms with Crippen LogP contribution in [0.15, 0.2) is 73.2 Å². The van der Waals surface area contributed by atoms with Crippen molar-refractivity contribution in [3.63, 3.8) is 0 Å². The smallest absolute Gasteiger partial charge is 0.252 e. The lowest BCUT2D eigenvalue weighted by Crippen LogP contribution is -2.35. The first kappa shape index (κ1) is 20.0. The fourth-order valence-corrected chi connectivity index (χ4v) is 3.99. The van der Waals surface area contributed by atoms with E-state index in [0.717, 1.165) is 40.6 Å². The molecule has 1 fully saturated rings. The van der Waals surface area contributed by atoms with E-state index in [1.54, 1.807) is 43.9 Å². The number of rotatable bonds is 6. The Morgan fingerprint density at radius 2 is 1.78 bits per heavy atom. The molecule has 2 heterocycles. The summed E-state index contributed by atoms with van der Waals surface area (Å²) in [4.78, 5) is 21.8. The molecule has 6 heteroatoms. The number of carbonyl (C=O) groups excluding carboxylic acids is 1. The zero-order chi connectivity index (χ0) is 22.1. The van der Waals surface area contributed by atoms with Gasteiger partial charge in [-0.3, -0.25) is 14.8 Å². The van der Waals surface area contributed by atoms with Gasteiger partial charge in [0.25, 0.3) is 5.91 Å². The lowest BCUT2D eigenvalue weighted by Gasteiger charge is -2.21. The molecule has 1 saturated carbocycles. The van der Waals surface area contributed by atoms with Gasteiger partial charge in [0.1, 0.15) is 17.2 Å². The molecule has 1 aliphatic rings. The third-order valence-corrected chi connectivity index (χ3v) is 5.89. The molecule has 4 aromatic rings. The molecule has 160 valence electrons. The van der Waals surface area contributed by atoms with Gasteiger partial charge >= 0.3 is 0 Å². The molecule has 0 atom stereocenters. The van der Waals surface area contributed by atoms with Crippen molar-refractivity contribution < 1.29 is 14.3 Å². The molecule has 1 N–H and O–H groups in total. The average Bonchev–Trinajstić information content (AvgIpc) is 3.60. The third kappa shape index (κ3) is 3.75. The van der Waals surface area contributed by atoms with E-state index in [9.17, 15) is 4.79 Å². The molecule has 32 heavy (non-hydrogen) atoms. The summed E-state index contributed by atoms with van der Waals surface area (Å²) in [7, 11) is 1.64. The number of aryl methyl sites for hydroxylation is 1. The molecule has 1 amide bonds. The lowest BCUT2D eigenvalue weighted by molar-refractivity contribution is 0.0930. The number of pyridine rings is 2. The van der Waals surface area contributed by atoms with Crippen LogP contribution >= 0.6 is 0 Å². The Morgan fingerprint density at radius 1 is 0.969 bits per heavy atom. The molecule has 0 aliphatic heterocycles. The molecule has 0 radical (unpaired) electrons. The number of hydrogen-bond acceptors (Lipinski definition) is 5. The first-order valence-electron chi connectivity index (χ1n) is 10.5. The Morgan fingerprint density at radius 3 is 2.53 bits per heavy atom. The average molecular weight is 425 g/mol. The second-order valence-corrected chi connectivity index (χ2v) is 8.04. The van der Waals surface area contributed by atoms with Gasteiger partial charge in [0.15, 0.2) is 0 Å². The van der Waals surface area contributed by atoms with Gasteiger partial charge in [-0.1, -0.05) is 12.1 Å². The number of methoxy groups -OCH3 is 1. The van der Waals surface area contributed by atoms with Crippen molar-refractivity contribution in [2.45, 2.75) is 25.3 Å². The van der Waals surface area contributed by atoms with Gasteiger partial charge < -0.3 is 14.8 Å². The monoisotopic (exact) mass is 425 g/mol. The van der Waals surface area contributed by atoms with Crippen molar-refractivity contribution in [1.29, 1.82) is 0 Å². The van der Waals surface area contributed by atoms with Crippen LogP contribution in [0.4, 0.5) is 0 Å². The van der Waals surface area contributed by atoms with Crippen LogP contribution in [0.5, 0.6) is 17.2 Å². The van der Waals surface area contributed by atoms with Gasteiger partial charge in [-0.2, -0.15) is 0 Å². The highest BCUT2D eigenvalue weighted by atomic mass is 16.5. The van der Waals surface area contributed by atoms with E-state index in [1.807, 2.05) is 43.3 Å². The number of nitrogens with zero attached hydrogens (tertiary/aromatic N) is 2. The highest BCUT2D eigenvalue weighted by Gasteiger charge is 2.47. The Balaban J connectivity index is 1.46. The standard InChI is InChI=1S/C26H23N3O3/c1-17-5-6-19(32-18-7-12-27-13-8-18)14-22(17)25(30)29-26(9-10-26)23-15-20(31-2)16-24-21(23)4-3-11-28-24/h3-8,11-16H,9-10H2,1-2H3,(H,29,30). The van der Waals surface area contributed by atoms with E-state index < -0.39 is 5.54 Å². The topological polar surface area (TPSA) is 73.3 Å². The molecule has 5 rings (SSSR count). The van der Waals surface area contributed by atoms with Crippen LogP contribution in [0, 0.1) is 6.92 Å². The normalized spacial score (nSPS) is 14.1. The van der Waals surface area contributed by atoms with E-state index in [0.29, 0.717) is 17.1 Å². The number of amides is 1. The summed E-state index contributed by atoms with van der Waals surface area (Å²) >= 11 is 0. The maximum atomic E-state index is 13.4. The third-order valence-electron chi connectivity index (χ3n) is 5.89. The van der Waals surface area contributed by atoms with Gasteiger partial charge in [0.05, 0.1) is 18.2 Å². The molecular formula is C26H23N3O3. The predicted molar refractivity (Wildman–Crippen MR) is 122 cm³/mol. The van der Waals surface area contributed by atoms with Crippen molar-refractivity contribution >= 4 is 16.8 Å². The maximum Gasteiger partial charge on any atom is 0.252 e. The van der Waals surface area contributed by atoms with Crippen molar-refractivity contribution in [2.75, 3.05) is 7.11 Å². The number of benzene rings is 2. The summed E-state index contributed by atoms with van der Waals surface area (Å²) in [6.45, 7) is 1.93. The summed E-state index contributed by atoms with van der Waals surface area (Å²) in [5.74, 6) is 1.88. The second-order valence-electron chi connectivity index (χ2n) is 8.04. The summed E-state index contributed by atoms with van der Waals surface area (Å²) in [6, 6.07) is 17.0. The minimum Gasteiger partial charge on any atom is -0.497 e. The summed E-state index contributed by atoms with van der Waals surface area (Å²) in [5.41, 5.74) is 2.94. The van der Waals surface area contributed by atoms with Crippen LogP contribution in [0.25, 0.3) is 10.9 Å². The van der Waals surface area contributed by atoms with Crippen molar-refractivity contribution in [2.24, 2.45) is 0 Å². The first-order chi connectivity index (χ1) is 15.6. The predicted octanol–water partition coefficient (Wildman–Crippen LogP) is 5.16. The second kappa shape index (κ2) is 7.96. The van der Waals surface area contributed by atoms with Crippen LogP contribution in [0.3, 0.4) is 0 Å². The Kier molecular flexibility index (Phi) is 4.98. The highest BCUT2D eigenvalue weighted by molar-refractivity contribution is 5.97. The van der Waals surface area contributed by atoms with Gasteiger partial charge in [-0.05, 0) is 67.3 Å². The van der Waals surface area contributed by atoms with Gasteiger partial charge in [-0.25, -0.2) is 0 Å². The highest BCUT2D eigenvalue weighted by Crippen LogP contribution is 2.49. The van der Waals surface area contributed by atoms with Crippen LogP contribution < -0.4 is 14.8 Å². The summed E-state index contributed by atoms with van der Waals surface area (Å²) < 4.78 is 11.4. The molecule has 6 nitrogen and oxygen atoms in total. The Bertz CT molecular complexity index is 1300. The van der Waals surface area contributed by atoms with Crippen molar-refractivity contribution in [3.05, 3.63) is 89.9 Å². The van der Waals surface area contributed by atoms with Gasteiger partial charge in [0.2, 0.25) is 0 Å². The minimum absolute atomic E-state index is 0.125. The van der Waals surface area contributed by atoms with E-state index in [2.05, 4.69) is 15.3 Å². The molecule has 0 saturated heterocycles. The zero-order valence-corrected chi connectivity index (χ0v) is 18.0. The van der Waals surface area contributed by atoms with Crippen molar-refractivity contribution in [1.82, 2.24) is 15.3 Å². The number of ether oxygens (including phenoxy) is 2. The SMILES string of the molecule is COc1cc(C2(NC(=O)c3cc(Oc4ccncc4)ccc3C)CC2)c2cccnc2c1. The molecular weight excluding hydrogens is 402 g/mol. The van der Waals surface area contributed by atoms with E-state index >= 15 is 0 Å². The number of nitrogens with one attached hydrogen (secondary N) is 1. The quantitative estimate of drug-likeness (QED) is 0.462. The van der Waals surface area contributed by atoms with E-state index in [-0.39, 0.29) is 5.91 Å². The van der Waals surface area contributed by atoms with Crippen molar-refractivity contribution in [3.8, 4) is 17.2 Å². The minimum atomic E-state index is -0.429. The van der Waals surface area contributed by atoms with Crippen LogP contribution in [0.2, 0.25) is 0 Å². The van der Waals surface area contributed by atoms with Gasteiger partial charge in [0, 0.05) is 35.6 Å². The number of carbonyl (C=O) groups is 1. The Hall–Kier alpha value is -3.93. The summed E-state index contributed by atoms with van der Waals surface area (Å²) in [6.07, 6.45) is 6.83. The number of fused-ring (bicyclic) bond motifs is 1. The van der Waals surface area contributed by atoms with E-state index in [4.69, 9.17) is 9.47 Å². The number of hydrogen-bond donors (Lipinski definition) is 1. The van der Waals surface area contributed by atoms with Gasteiger partial charge in [-0.15, -0.1) is 0 Å². The maximum absolute atomic E-state index is 13.4.